The molecule has 2 aromatic rings. The van der Waals surface area contributed by atoms with Gasteiger partial charge in [-0.3, -0.25) is 9.78 Å². The van der Waals surface area contributed by atoms with Gasteiger partial charge in [-0.2, -0.15) is 0 Å². The molecule has 1 unspecified atom stereocenters. The molecule has 0 bridgehead atoms. The van der Waals surface area contributed by atoms with Crippen LogP contribution in [0.2, 0.25) is 0 Å². The fourth-order valence-electron chi connectivity index (χ4n) is 2.40. The van der Waals surface area contributed by atoms with Crippen molar-refractivity contribution in [3.8, 4) is 0 Å². The van der Waals surface area contributed by atoms with Gasteiger partial charge >= 0.3 is 0 Å². The molecule has 112 valence electrons. The number of nitrogens with zero attached hydrogens (tertiary/aromatic N) is 2. The first-order valence-corrected chi connectivity index (χ1v) is 8.09. The van der Waals surface area contributed by atoms with Crippen molar-refractivity contribution in [2.75, 3.05) is 19.6 Å². The molecule has 0 aliphatic carbocycles. The Balaban J connectivity index is 0.00000161. The van der Waals surface area contributed by atoms with E-state index in [2.05, 4.69) is 26.2 Å². The quantitative estimate of drug-likeness (QED) is 0.860. The molecule has 7 heteroatoms. The Morgan fingerprint density at radius 1 is 1.48 bits per heavy atom. The maximum atomic E-state index is 12.7. The Morgan fingerprint density at radius 3 is 3.00 bits per heavy atom. The van der Waals surface area contributed by atoms with Crippen LogP contribution in [0.1, 0.15) is 21.3 Å². The van der Waals surface area contributed by atoms with E-state index in [1.54, 1.807) is 6.20 Å². The summed E-state index contributed by atoms with van der Waals surface area (Å²) in [7, 11) is 0. The van der Waals surface area contributed by atoms with Crippen molar-refractivity contribution >= 4 is 45.6 Å². The predicted octanol–water partition coefficient (Wildman–Crippen LogP) is 3.11. The van der Waals surface area contributed by atoms with Crippen LogP contribution in [0.25, 0.3) is 0 Å². The van der Waals surface area contributed by atoms with Gasteiger partial charge in [-0.25, -0.2) is 0 Å². The Bertz CT molecular complexity index is 607. The summed E-state index contributed by atoms with van der Waals surface area (Å²) in [6.45, 7) is 2.30. The van der Waals surface area contributed by atoms with Gasteiger partial charge in [0.1, 0.15) is 4.88 Å². The second-order valence-electron chi connectivity index (χ2n) is 4.60. The summed E-state index contributed by atoms with van der Waals surface area (Å²) in [5, 5.41) is 5.28. The third-order valence-electron chi connectivity index (χ3n) is 3.38. The monoisotopic (exact) mass is 387 g/mol. The number of halogens is 2. The predicted molar refractivity (Wildman–Crippen MR) is 90.2 cm³/mol. The fraction of sp³-hybridized carbons (Fsp3) is 0.286. The molecular formula is C14H15BrClN3OS. The molecule has 1 amide bonds. The van der Waals surface area contributed by atoms with Gasteiger partial charge in [0, 0.05) is 36.5 Å². The van der Waals surface area contributed by atoms with Crippen molar-refractivity contribution in [2.24, 2.45) is 0 Å². The molecule has 0 spiro atoms. The highest BCUT2D eigenvalue weighted by Gasteiger charge is 2.30. The summed E-state index contributed by atoms with van der Waals surface area (Å²) in [6, 6.07) is 5.89. The molecule has 1 fully saturated rings. The zero-order valence-electron chi connectivity index (χ0n) is 11.2. The third kappa shape index (κ3) is 3.45. The molecule has 0 radical (unpaired) electrons. The zero-order valence-corrected chi connectivity index (χ0v) is 14.4. The minimum atomic E-state index is 0. The molecule has 0 aromatic carbocycles. The van der Waals surface area contributed by atoms with Crippen LogP contribution in [0.3, 0.4) is 0 Å². The van der Waals surface area contributed by atoms with Crippen LogP contribution in [0.15, 0.2) is 40.4 Å². The number of carbonyl (C=O) groups is 1. The first-order chi connectivity index (χ1) is 9.77. The maximum Gasteiger partial charge on any atom is 0.265 e. The second kappa shape index (κ2) is 7.35. The summed E-state index contributed by atoms with van der Waals surface area (Å²) >= 11 is 4.92. The van der Waals surface area contributed by atoms with Crippen LogP contribution < -0.4 is 5.32 Å². The smallest absolute Gasteiger partial charge is 0.265 e. The fourth-order valence-corrected chi connectivity index (χ4v) is 3.89. The van der Waals surface area contributed by atoms with Crippen molar-refractivity contribution in [2.45, 2.75) is 6.04 Å². The summed E-state index contributed by atoms with van der Waals surface area (Å²) < 4.78 is 0.871. The summed E-state index contributed by atoms with van der Waals surface area (Å²) in [5.41, 5.74) is 1.07. The van der Waals surface area contributed by atoms with Crippen LogP contribution in [0.4, 0.5) is 0 Å². The highest BCUT2D eigenvalue weighted by molar-refractivity contribution is 9.10. The van der Waals surface area contributed by atoms with E-state index >= 15 is 0 Å². The average molecular weight is 389 g/mol. The number of rotatable bonds is 2. The molecule has 1 aliphatic rings. The Kier molecular flexibility index (Phi) is 5.75. The van der Waals surface area contributed by atoms with Crippen molar-refractivity contribution in [1.82, 2.24) is 15.2 Å². The molecule has 21 heavy (non-hydrogen) atoms. The van der Waals surface area contributed by atoms with E-state index in [1.807, 2.05) is 34.7 Å². The molecule has 4 nitrogen and oxygen atoms in total. The second-order valence-corrected chi connectivity index (χ2v) is 6.37. The Hall–Kier alpha value is -0.950. The van der Waals surface area contributed by atoms with Gasteiger partial charge in [-0.05, 0) is 39.0 Å². The van der Waals surface area contributed by atoms with Crippen molar-refractivity contribution in [3.05, 3.63) is 50.9 Å². The number of piperazine rings is 1. The molecule has 1 saturated heterocycles. The molecule has 0 saturated carbocycles. The number of pyridine rings is 1. The number of thiophene rings is 1. The van der Waals surface area contributed by atoms with E-state index in [0.29, 0.717) is 6.54 Å². The van der Waals surface area contributed by atoms with Gasteiger partial charge in [0.25, 0.3) is 5.91 Å². The third-order valence-corrected chi connectivity index (χ3v) is 5.21. The van der Waals surface area contributed by atoms with Crippen molar-refractivity contribution < 1.29 is 4.79 Å². The topological polar surface area (TPSA) is 45.2 Å². The van der Waals surface area contributed by atoms with E-state index in [4.69, 9.17) is 0 Å². The van der Waals surface area contributed by atoms with Gasteiger partial charge in [-0.15, -0.1) is 23.7 Å². The minimum Gasteiger partial charge on any atom is -0.328 e. The standard InChI is InChI=1S/C14H14BrN3OS.ClH/c15-11-3-7-20-13(11)14(19)18-6-5-17-9-12(18)10-2-1-4-16-8-10;/h1-4,7-8,12,17H,5-6,9H2;1H. The van der Waals surface area contributed by atoms with E-state index in [0.717, 1.165) is 28.0 Å². The van der Waals surface area contributed by atoms with Crippen LogP contribution in [0.5, 0.6) is 0 Å². The molecule has 1 N–H and O–H groups in total. The van der Waals surface area contributed by atoms with Crippen LogP contribution >= 0.6 is 39.7 Å². The largest absolute Gasteiger partial charge is 0.328 e. The highest BCUT2D eigenvalue weighted by Crippen LogP contribution is 2.29. The molecule has 3 heterocycles. The number of hydrogen-bond acceptors (Lipinski definition) is 4. The van der Waals surface area contributed by atoms with Gasteiger partial charge in [0.05, 0.1) is 6.04 Å². The first kappa shape index (κ1) is 16.4. The van der Waals surface area contributed by atoms with Gasteiger partial charge in [0.2, 0.25) is 0 Å². The molecular weight excluding hydrogens is 374 g/mol. The van der Waals surface area contributed by atoms with Crippen molar-refractivity contribution in [3.63, 3.8) is 0 Å². The van der Waals surface area contributed by atoms with Gasteiger partial charge in [-0.1, -0.05) is 6.07 Å². The number of carbonyl (C=O) groups excluding carboxylic acids is 1. The Morgan fingerprint density at radius 2 is 2.33 bits per heavy atom. The summed E-state index contributed by atoms with van der Waals surface area (Å²) in [6.07, 6.45) is 3.59. The summed E-state index contributed by atoms with van der Waals surface area (Å²) in [4.78, 5) is 19.6. The van der Waals surface area contributed by atoms with Crippen LogP contribution in [-0.2, 0) is 0 Å². The highest BCUT2D eigenvalue weighted by atomic mass is 79.9. The number of hydrogen-bond donors (Lipinski definition) is 1. The summed E-state index contributed by atoms with van der Waals surface area (Å²) in [5.74, 6) is 0.0854. The molecule has 1 aliphatic heterocycles. The lowest BCUT2D eigenvalue weighted by molar-refractivity contribution is 0.0638. The minimum absolute atomic E-state index is 0. The first-order valence-electron chi connectivity index (χ1n) is 6.42. The average Bonchev–Trinajstić information content (AvgIpc) is 2.93. The van der Waals surface area contributed by atoms with Crippen molar-refractivity contribution in [1.29, 1.82) is 0 Å². The lowest BCUT2D eigenvalue weighted by Gasteiger charge is -2.36. The number of aromatic nitrogens is 1. The molecule has 2 aromatic heterocycles. The van der Waals surface area contributed by atoms with E-state index in [9.17, 15) is 4.79 Å². The molecule has 3 rings (SSSR count). The zero-order chi connectivity index (χ0) is 13.9. The SMILES string of the molecule is Cl.O=C(c1sccc1Br)N1CCNCC1c1cccnc1. The number of nitrogens with one attached hydrogen (secondary N) is 1. The van der Waals surface area contributed by atoms with E-state index < -0.39 is 0 Å². The van der Waals surface area contributed by atoms with Gasteiger partial charge < -0.3 is 10.2 Å². The van der Waals surface area contributed by atoms with E-state index in [1.165, 1.54) is 11.3 Å². The normalized spacial score (nSPS) is 18.1. The lowest BCUT2D eigenvalue weighted by Crippen LogP contribution is -2.48. The lowest BCUT2D eigenvalue weighted by atomic mass is 10.1. The number of amides is 1. The Labute approximate surface area is 142 Å². The molecule has 1 atom stereocenters. The van der Waals surface area contributed by atoms with Crippen LogP contribution in [0, 0.1) is 0 Å². The van der Waals surface area contributed by atoms with E-state index in [-0.39, 0.29) is 24.4 Å². The van der Waals surface area contributed by atoms with Gasteiger partial charge in [0.15, 0.2) is 0 Å². The maximum absolute atomic E-state index is 12.7. The van der Waals surface area contributed by atoms with Crippen LogP contribution in [-0.4, -0.2) is 35.4 Å².